The molecule has 0 unspecified atom stereocenters. The van der Waals surface area contributed by atoms with Crippen molar-refractivity contribution in [2.24, 2.45) is 0 Å². The Kier molecular flexibility index (Phi) is 10.5. The maximum absolute atomic E-state index is 10.8. The van der Waals surface area contributed by atoms with Crippen LogP contribution in [0.15, 0.2) is 0 Å². The molecule has 0 saturated heterocycles. The Labute approximate surface area is 115 Å². The van der Waals surface area contributed by atoms with E-state index in [0.717, 1.165) is 33.9 Å². The van der Waals surface area contributed by atoms with E-state index in [1.165, 1.54) is 25.6 Å². The average molecular weight is 334 g/mol. The summed E-state index contributed by atoms with van der Waals surface area (Å²) in [6, 6.07) is 0. The topological polar surface area (TPSA) is 34.1 Å². The normalized spacial score (nSPS) is 12.2. The Morgan fingerprint density at radius 1 is 1.00 bits per heavy atom. The molecule has 0 aromatic heterocycles. The summed E-state index contributed by atoms with van der Waals surface area (Å²) in [5.41, 5.74) is 0. The van der Waals surface area contributed by atoms with Gasteiger partial charge in [0.1, 0.15) is 0 Å². The Bertz CT molecular complexity index is 260. The third-order valence-electron chi connectivity index (χ3n) is 2.02. The summed E-state index contributed by atoms with van der Waals surface area (Å²) in [7, 11) is 4.82. The van der Waals surface area contributed by atoms with E-state index in [9.17, 15) is 8.42 Å². The monoisotopic (exact) mass is 333 g/mol. The van der Waals surface area contributed by atoms with Crippen LogP contribution in [0.1, 0.15) is 25.7 Å². The van der Waals surface area contributed by atoms with Gasteiger partial charge in [0.15, 0.2) is 8.87 Å². The SMILES string of the molecule is C[N+](C)(C)CCCCCCSS(C)(=O)=O.[Br-]. The van der Waals surface area contributed by atoms with Gasteiger partial charge in [0.25, 0.3) is 0 Å². The van der Waals surface area contributed by atoms with E-state index in [0.29, 0.717) is 0 Å². The highest BCUT2D eigenvalue weighted by Gasteiger charge is 2.05. The number of hydrogen-bond donors (Lipinski definition) is 0. The van der Waals surface area contributed by atoms with E-state index in [4.69, 9.17) is 0 Å². The van der Waals surface area contributed by atoms with E-state index in [-0.39, 0.29) is 17.0 Å². The molecule has 0 radical (unpaired) electrons. The van der Waals surface area contributed by atoms with Crippen molar-refractivity contribution in [3.05, 3.63) is 0 Å². The predicted octanol–water partition coefficient (Wildman–Crippen LogP) is -1.05. The summed E-state index contributed by atoms with van der Waals surface area (Å²) >= 11 is 0. The minimum Gasteiger partial charge on any atom is -1.00 e. The second kappa shape index (κ2) is 8.78. The van der Waals surface area contributed by atoms with Gasteiger partial charge >= 0.3 is 0 Å². The number of hydrogen-bond acceptors (Lipinski definition) is 3. The molecule has 0 atom stereocenters. The van der Waals surface area contributed by atoms with E-state index < -0.39 is 8.87 Å². The first kappa shape index (κ1) is 19.1. The summed E-state index contributed by atoms with van der Waals surface area (Å²) < 4.78 is 22.6. The van der Waals surface area contributed by atoms with Gasteiger partial charge in [-0.05, 0) is 30.1 Å². The van der Waals surface area contributed by atoms with Crippen molar-refractivity contribution in [3.63, 3.8) is 0 Å². The fraction of sp³-hybridized carbons (Fsp3) is 1.00. The molecule has 0 heterocycles. The molecule has 0 aliphatic carbocycles. The first-order valence-electron chi connectivity index (χ1n) is 5.35. The molecule has 0 saturated carbocycles. The van der Waals surface area contributed by atoms with Crippen LogP contribution in [0.5, 0.6) is 0 Å². The lowest BCUT2D eigenvalue weighted by Gasteiger charge is -2.23. The van der Waals surface area contributed by atoms with E-state index in [2.05, 4.69) is 21.1 Å². The quantitative estimate of drug-likeness (QED) is 0.323. The number of unbranched alkanes of at least 4 members (excludes halogenated alkanes) is 3. The molecule has 0 aliphatic heterocycles. The molecule has 6 heteroatoms. The molecule has 0 amide bonds. The summed E-state index contributed by atoms with van der Waals surface area (Å²) in [6.45, 7) is 1.19. The van der Waals surface area contributed by atoms with Crippen molar-refractivity contribution in [3.8, 4) is 0 Å². The van der Waals surface area contributed by atoms with Gasteiger partial charge in [-0.3, -0.25) is 0 Å². The second-order valence-electron chi connectivity index (χ2n) is 4.95. The van der Waals surface area contributed by atoms with Crippen LogP contribution in [0, 0.1) is 0 Å². The number of rotatable bonds is 8. The molecule has 3 nitrogen and oxygen atoms in total. The summed E-state index contributed by atoms with van der Waals surface area (Å²) in [5.74, 6) is 0.739. The molecule has 0 spiro atoms. The van der Waals surface area contributed by atoms with Gasteiger partial charge < -0.3 is 21.5 Å². The van der Waals surface area contributed by atoms with Gasteiger partial charge in [-0.1, -0.05) is 6.42 Å². The highest BCUT2D eigenvalue weighted by Crippen LogP contribution is 2.13. The van der Waals surface area contributed by atoms with Crippen LogP contribution in [0.3, 0.4) is 0 Å². The van der Waals surface area contributed by atoms with Crippen LogP contribution >= 0.6 is 10.8 Å². The molecule has 0 bridgehead atoms. The molecule has 0 N–H and O–H groups in total. The van der Waals surface area contributed by atoms with E-state index in [1.54, 1.807) is 0 Å². The average Bonchev–Trinajstić information content (AvgIpc) is 1.98. The number of quaternary nitrogens is 1. The zero-order valence-corrected chi connectivity index (χ0v) is 13.9. The minimum atomic E-state index is -2.83. The van der Waals surface area contributed by atoms with Crippen molar-refractivity contribution in [2.75, 3.05) is 39.7 Å². The molecule has 0 aromatic carbocycles. The van der Waals surface area contributed by atoms with Crippen LogP contribution in [0.2, 0.25) is 0 Å². The Hall–Kier alpha value is 0.740. The highest BCUT2D eigenvalue weighted by atomic mass is 79.9. The number of halogens is 1. The minimum absolute atomic E-state index is 0. The van der Waals surface area contributed by atoms with E-state index >= 15 is 0 Å². The second-order valence-corrected chi connectivity index (χ2v) is 9.53. The van der Waals surface area contributed by atoms with Crippen molar-refractivity contribution in [1.82, 2.24) is 0 Å². The molecule has 0 aliphatic rings. The smallest absolute Gasteiger partial charge is 0.198 e. The third-order valence-corrected chi connectivity index (χ3v) is 4.69. The van der Waals surface area contributed by atoms with Gasteiger partial charge in [-0.2, -0.15) is 0 Å². The predicted molar refractivity (Wildman–Crippen MR) is 68.7 cm³/mol. The van der Waals surface area contributed by atoms with Crippen LogP contribution in [-0.4, -0.2) is 52.6 Å². The highest BCUT2D eigenvalue weighted by molar-refractivity contribution is 8.71. The number of nitrogens with zero attached hydrogens (tertiary/aromatic N) is 1. The van der Waals surface area contributed by atoms with Gasteiger partial charge in [0.05, 0.1) is 27.7 Å². The van der Waals surface area contributed by atoms with Crippen LogP contribution in [0.25, 0.3) is 0 Å². The molecule has 100 valence electrons. The Morgan fingerprint density at radius 2 is 1.50 bits per heavy atom. The zero-order chi connectivity index (χ0) is 11.9. The van der Waals surface area contributed by atoms with Crippen LogP contribution in [-0.2, 0) is 8.87 Å². The molecular weight excluding hydrogens is 310 g/mol. The third kappa shape index (κ3) is 17.1. The Morgan fingerprint density at radius 3 is 1.94 bits per heavy atom. The van der Waals surface area contributed by atoms with Crippen molar-refractivity contribution in [1.29, 1.82) is 0 Å². The largest absolute Gasteiger partial charge is 1.00 e. The molecular formula is C10H24BrNO2S2. The fourth-order valence-corrected chi connectivity index (χ4v) is 3.14. The first-order chi connectivity index (χ1) is 6.71. The first-order valence-corrected chi connectivity index (χ1v) is 8.75. The fourth-order valence-electron chi connectivity index (χ4n) is 1.25. The lowest BCUT2D eigenvalue weighted by Crippen LogP contribution is -3.00. The zero-order valence-electron chi connectivity index (χ0n) is 10.7. The standard InChI is InChI=1S/C10H24NO2S2.BrH/c1-11(2,3)9-7-5-6-8-10-14-15(4,12)13;/h5-10H2,1-4H3;1H/q+1;/p-1. The van der Waals surface area contributed by atoms with Crippen molar-refractivity contribution >= 4 is 19.7 Å². The van der Waals surface area contributed by atoms with E-state index in [1.807, 2.05) is 0 Å². The lowest BCUT2D eigenvalue weighted by molar-refractivity contribution is -0.870. The Balaban J connectivity index is 0. The van der Waals surface area contributed by atoms with Crippen molar-refractivity contribution in [2.45, 2.75) is 25.7 Å². The van der Waals surface area contributed by atoms with Gasteiger partial charge in [-0.15, -0.1) is 0 Å². The molecule has 16 heavy (non-hydrogen) atoms. The summed E-state index contributed by atoms with van der Waals surface area (Å²) in [6.07, 6.45) is 5.86. The summed E-state index contributed by atoms with van der Waals surface area (Å²) in [5, 5.41) is 0. The van der Waals surface area contributed by atoms with Gasteiger partial charge in [-0.25, -0.2) is 8.42 Å². The summed E-state index contributed by atoms with van der Waals surface area (Å²) in [4.78, 5) is 0. The van der Waals surface area contributed by atoms with Crippen LogP contribution in [0.4, 0.5) is 0 Å². The maximum atomic E-state index is 10.8. The molecule has 0 fully saturated rings. The molecule has 0 aromatic rings. The van der Waals surface area contributed by atoms with Crippen LogP contribution < -0.4 is 17.0 Å². The molecule has 0 rings (SSSR count). The van der Waals surface area contributed by atoms with Gasteiger partial charge in [0.2, 0.25) is 0 Å². The van der Waals surface area contributed by atoms with Gasteiger partial charge in [0, 0.05) is 12.0 Å². The maximum Gasteiger partial charge on any atom is 0.198 e. The van der Waals surface area contributed by atoms with Crippen molar-refractivity contribution < 1.29 is 29.9 Å². The lowest BCUT2D eigenvalue weighted by atomic mass is 10.2.